The first-order valence-corrected chi connectivity index (χ1v) is 4.44. The van der Waals surface area contributed by atoms with Crippen molar-refractivity contribution in [2.24, 2.45) is 7.05 Å². The van der Waals surface area contributed by atoms with Crippen LogP contribution in [0.5, 0.6) is 0 Å². The lowest BCUT2D eigenvalue weighted by Gasteiger charge is -2.00. The Morgan fingerprint density at radius 3 is 2.92 bits per heavy atom. The smallest absolute Gasteiger partial charge is 0.155 e. The van der Waals surface area contributed by atoms with Gasteiger partial charge in [0.05, 0.1) is 0 Å². The monoisotopic (exact) mass is 176 g/mol. The lowest BCUT2D eigenvalue weighted by atomic mass is 10.1. The van der Waals surface area contributed by atoms with Crippen molar-refractivity contribution in [3.8, 4) is 0 Å². The number of carbonyl (C=O) groups is 1. The van der Waals surface area contributed by atoms with Gasteiger partial charge in [-0.3, -0.25) is 4.79 Å². The molecule has 0 amide bonds. The molecule has 68 valence electrons. The first-order chi connectivity index (χ1) is 6.25. The molecule has 1 aromatic heterocycles. The summed E-state index contributed by atoms with van der Waals surface area (Å²) in [4.78, 5) is 15.2. The Balaban J connectivity index is 2.11. The first-order valence-electron chi connectivity index (χ1n) is 4.44. The van der Waals surface area contributed by atoms with Crippen LogP contribution in [0.25, 0.3) is 0 Å². The molecular formula is C10H12N2O. The molecule has 1 aliphatic carbocycles. The average Bonchev–Trinajstić information content (AvgIpc) is 2.64. The maximum absolute atomic E-state index is 11.0. The average molecular weight is 176 g/mol. The van der Waals surface area contributed by atoms with Gasteiger partial charge in [-0.05, 0) is 12.5 Å². The highest BCUT2D eigenvalue weighted by atomic mass is 16.1. The van der Waals surface area contributed by atoms with E-state index in [4.69, 9.17) is 0 Å². The number of carbonyl (C=O) groups excluding carboxylic acids is 1. The summed E-state index contributed by atoms with van der Waals surface area (Å²) in [5.74, 6) is 1.28. The van der Waals surface area contributed by atoms with Crippen LogP contribution in [0.4, 0.5) is 0 Å². The molecule has 0 atom stereocenters. The molecule has 0 unspecified atom stereocenters. The molecule has 0 saturated carbocycles. The van der Waals surface area contributed by atoms with E-state index in [0.717, 1.165) is 18.7 Å². The molecule has 0 N–H and O–H groups in total. The van der Waals surface area contributed by atoms with E-state index in [1.54, 1.807) is 12.3 Å². The second-order valence-electron chi connectivity index (χ2n) is 3.40. The minimum absolute atomic E-state index is 0.254. The summed E-state index contributed by atoms with van der Waals surface area (Å²) in [6, 6.07) is 0. The summed E-state index contributed by atoms with van der Waals surface area (Å²) in [5, 5.41) is 0. The summed E-state index contributed by atoms with van der Waals surface area (Å²) in [6.07, 6.45) is 7.87. The molecule has 2 rings (SSSR count). The molecule has 0 spiro atoms. The Bertz CT molecular complexity index is 363. The van der Waals surface area contributed by atoms with E-state index in [2.05, 4.69) is 4.98 Å². The van der Waals surface area contributed by atoms with Crippen molar-refractivity contribution in [2.75, 3.05) is 0 Å². The number of hydrogen-bond acceptors (Lipinski definition) is 2. The molecule has 0 aliphatic heterocycles. The van der Waals surface area contributed by atoms with Crippen molar-refractivity contribution in [1.29, 1.82) is 0 Å². The largest absolute Gasteiger partial charge is 0.338 e. The van der Waals surface area contributed by atoms with Crippen LogP contribution in [0.2, 0.25) is 0 Å². The fourth-order valence-corrected chi connectivity index (χ4v) is 1.57. The predicted molar refractivity (Wildman–Crippen MR) is 49.2 cm³/mol. The number of ketones is 1. The molecule has 1 aliphatic rings. The highest BCUT2D eigenvalue weighted by Crippen LogP contribution is 2.18. The normalized spacial score (nSPS) is 16.4. The molecule has 13 heavy (non-hydrogen) atoms. The van der Waals surface area contributed by atoms with Gasteiger partial charge in [0.1, 0.15) is 5.82 Å². The molecule has 0 aromatic carbocycles. The minimum atomic E-state index is 0.254. The van der Waals surface area contributed by atoms with Crippen molar-refractivity contribution in [3.05, 3.63) is 29.9 Å². The van der Waals surface area contributed by atoms with Crippen molar-refractivity contribution in [2.45, 2.75) is 19.3 Å². The van der Waals surface area contributed by atoms with Gasteiger partial charge in [0, 0.05) is 32.3 Å². The van der Waals surface area contributed by atoms with Crippen LogP contribution >= 0.6 is 0 Å². The van der Waals surface area contributed by atoms with E-state index < -0.39 is 0 Å². The van der Waals surface area contributed by atoms with Gasteiger partial charge < -0.3 is 4.57 Å². The van der Waals surface area contributed by atoms with E-state index in [1.165, 1.54) is 5.57 Å². The number of hydrogen-bond donors (Lipinski definition) is 0. The number of allylic oxidation sites excluding steroid dienone is 2. The summed E-state index contributed by atoms with van der Waals surface area (Å²) in [6.45, 7) is 0. The van der Waals surface area contributed by atoms with Crippen LogP contribution < -0.4 is 0 Å². The van der Waals surface area contributed by atoms with Crippen LogP contribution in [0.3, 0.4) is 0 Å². The Morgan fingerprint density at radius 1 is 1.54 bits per heavy atom. The third kappa shape index (κ3) is 1.69. The fourth-order valence-electron chi connectivity index (χ4n) is 1.57. The van der Waals surface area contributed by atoms with E-state index in [1.807, 2.05) is 17.8 Å². The summed E-state index contributed by atoms with van der Waals surface area (Å²) >= 11 is 0. The van der Waals surface area contributed by atoms with E-state index in [9.17, 15) is 4.79 Å². The summed E-state index contributed by atoms with van der Waals surface area (Å²) in [7, 11) is 1.97. The van der Waals surface area contributed by atoms with Crippen molar-refractivity contribution >= 4 is 5.78 Å². The molecular weight excluding hydrogens is 164 g/mol. The zero-order chi connectivity index (χ0) is 9.26. The number of aryl methyl sites for hydroxylation is 1. The summed E-state index contributed by atoms with van der Waals surface area (Å²) < 4.78 is 1.99. The molecule has 3 heteroatoms. The van der Waals surface area contributed by atoms with Gasteiger partial charge in [0.15, 0.2) is 5.78 Å². The van der Waals surface area contributed by atoms with Crippen molar-refractivity contribution < 1.29 is 4.79 Å². The Morgan fingerprint density at radius 2 is 2.38 bits per heavy atom. The minimum Gasteiger partial charge on any atom is -0.338 e. The number of aromatic nitrogens is 2. The third-order valence-electron chi connectivity index (χ3n) is 2.36. The van der Waals surface area contributed by atoms with Gasteiger partial charge in [-0.15, -0.1) is 0 Å². The van der Waals surface area contributed by atoms with E-state index in [0.29, 0.717) is 6.42 Å². The van der Waals surface area contributed by atoms with Crippen LogP contribution in [-0.2, 0) is 18.3 Å². The van der Waals surface area contributed by atoms with Gasteiger partial charge in [0.25, 0.3) is 0 Å². The first kappa shape index (κ1) is 8.23. The number of imidazole rings is 1. The highest BCUT2D eigenvalue weighted by Gasteiger charge is 2.13. The Hall–Kier alpha value is -1.38. The molecule has 0 bridgehead atoms. The maximum atomic E-state index is 11.0. The Labute approximate surface area is 77.1 Å². The predicted octanol–water partition coefficient (Wildman–Crippen LogP) is 1.25. The van der Waals surface area contributed by atoms with Crippen LogP contribution in [-0.4, -0.2) is 15.3 Å². The molecule has 0 fully saturated rings. The fraction of sp³-hybridized carbons (Fsp3) is 0.400. The molecule has 0 radical (unpaired) electrons. The second-order valence-corrected chi connectivity index (χ2v) is 3.40. The topological polar surface area (TPSA) is 34.9 Å². The van der Waals surface area contributed by atoms with Crippen molar-refractivity contribution in [3.63, 3.8) is 0 Å². The van der Waals surface area contributed by atoms with Crippen LogP contribution in [0.1, 0.15) is 18.7 Å². The lowest BCUT2D eigenvalue weighted by molar-refractivity contribution is -0.114. The lowest BCUT2D eigenvalue weighted by Crippen LogP contribution is -1.98. The van der Waals surface area contributed by atoms with Gasteiger partial charge in [-0.25, -0.2) is 4.98 Å². The molecule has 3 nitrogen and oxygen atoms in total. The quantitative estimate of drug-likeness (QED) is 0.679. The van der Waals surface area contributed by atoms with Gasteiger partial charge in [-0.2, -0.15) is 0 Å². The zero-order valence-corrected chi connectivity index (χ0v) is 7.66. The SMILES string of the molecule is Cn1ccnc1CC1=CC(=O)CC1. The second kappa shape index (κ2) is 3.17. The Kier molecular flexibility index (Phi) is 2.00. The number of nitrogens with zero attached hydrogens (tertiary/aromatic N) is 2. The van der Waals surface area contributed by atoms with Crippen molar-refractivity contribution in [1.82, 2.24) is 9.55 Å². The van der Waals surface area contributed by atoms with Gasteiger partial charge in [-0.1, -0.05) is 5.57 Å². The zero-order valence-electron chi connectivity index (χ0n) is 7.66. The maximum Gasteiger partial charge on any atom is 0.155 e. The number of rotatable bonds is 2. The molecule has 0 saturated heterocycles. The van der Waals surface area contributed by atoms with E-state index in [-0.39, 0.29) is 5.78 Å². The molecule has 1 aromatic rings. The van der Waals surface area contributed by atoms with Gasteiger partial charge >= 0.3 is 0 Å². The van der Waals surface area contributed by atoms with Crippen LogP contribution in [0, 0.1) is 0 Å². The van der Waals surface area contributed by atoms with Gasteiger partial charge in [0.2, 0.25) is 0 Å². The molecule has 1 heterocycles. The van der Waals surface area contributed by atoms with E-state index >= 15 is 0 Å². The standard InChI is InChI=1S/C10H12N2O/c1-12-5-4-11-10(12)7-8-2-3-9(13)6-8/h4-6H,2-3,7H2,1H3. The highest BCUT2D eigenvalue weighted by molar-refractivity contribution is 5.92. The van der Waals surface area contributed by atoms with Crippen LogP contribution in [0.15, 0.2) is 24.0 Å². The summed E-state index contributed by atoms with van der Waals surface area (Å²) in [5.41, 5.74) is 1.21. The third-order valence-corrected chi connectivity index (χ3v) is 2.36.